The third-order valence-electron chi connectivity index (χ3n) is 2.33. The monoisotopic (exact) mass is 292 g/mol. The van der Waals surface area contributed by atoms with Gasteiger partial charge < -0.3 is 32.7 Å². The average Bonchev–Trinajstić information content (AvgIpc) is 2.33. The molecule has 20 heavy (non-hydrogen) atoms. The molecule has 0 bridgehead atoms. The number of carbonyl (C=O) groups is 2. The zero-order valence-corrected chi connectivity index (χ0v) is 12.0. The van der Waals surface area contributed by atoms with Gasteiger partial charge in [0.15, 0.2) is 0 Å². The molecular formula is C12H28N4O4. The number of carboxylic acids is 1. The maximum Gasteiger partial charge on any atom is 0.320 e. The van der Waals surface area contributed by atoms with Crippen molar-refractivity contribution in [2.45, 2.75) is 51.2 Å². The van der Waals surface area contributed by atoms with Crippen molar-refractivity contribution >= 4 is 11.9 Å². The summed E-state index contributed by atoms with van der Waals surface area (Å²) in [7, 11) is 0. The van der Waals surface area contributed by atoms with Crippen molar-refractivity contribution in [1.29, 1.82) is 0 Å². The second-order valence-electron chi connectivity index (χ2n) is 4.38. The number of nitrogens with two attached hydrogens (primary N) is 3. The third kappa shape index (κ3) is 16.8. The van der Waals surface area contributed by atoms with Crippen LogP contribution in [0.1, 0.15) is 39.0 Å². The highest BCUT2D eigenvalue weighted by atomic mass is 16.4. The molecule has 0 saturated heterocycles. The fraction of sp³-hybridized carbons (Fsp3) is 0.833. The largest absolute Gasteiger partial charge is 0.480 e. The number of aliphatic carboxylic acids is 1. The van der Waals surface area contributed by atoms with Gasteiger partial charge in [0, 0.05) is 13.0 Å². The van der Waals surface area contributed by atoms with Gasteiger partial charge in [-0.3, -0.25) is 9.59 Å². The topological polar surface area (TPSA) is 165 Å². The van der Waals surface area contributed by atoms with Crippen LogP contribution in [0.25, 0.3) is 0 Å². The van der Waals surface area contributed by atoms with Crippen LogP contribution in [-0.4, -0.2) is 47.4 Å². The van der Waals surface area contributed by atoms with Crippen molar-refractivity contribution < 1.29 is 19.8 Å². The number of amides is 1. The van der Waals surface area contributed by atoms with Gasteiger partial charge in [-0.05, 0) is 25.8 Å². The molecule has 0 saturated carbocycles. The summed E-state index contributed by atoms with van der Waals surface area (Å²) in [4.78, 5) is 21.0. The van der Waals surface area contributed by atoms with Crippen LogP contribution in [0.15, 0.2) is 0 Å². The Morgan fingerprint density at radius 1 is 1.25 bits per heavy atom. The molecule has 0 aromatic rings. The molecule has 0 rings (SSSR count). The Balaban J connectivity index is 0. The SMILES string of the molecule is CCCC(N)N.NC(=O)CCC(NCCCO)C(=O)O. The molecule has 0 aliphatic carbocycles. The predicted octanol–water partition coefficient (Wildman–Crippen LogP) is -1.29. The normalized spacial score (nSPS) is 11.7. The van der Waals surface area contributed by atoms with Crippen LogP contribution in [-0.2, 0) is 9.59 Å². The van der Waals surface area contributed by atoms with Gasteiger partial charge in [0.2, 0.25) is 5.91 Å². The minimum atomic E-state index is -1.01. The van der Waals surface area contributed by atoms with E-state index in [2.05, 4.69) is 12.2 Å². The zero-order chi connectivity index (χ0) is 16.0. The summed E-state index contributed by atoms with van der Waals surface area (Å²) in [5.74, 6) is -1.52. The van der Waals surface area contributed by atoms with E-state index in [1.807, 2.05) is 0 Å². The first-order valence-corrected chi connectivity index (χ1v) is 6.71. The molecule has 0 aliphatic heterocycles. The highest BCUT2D eigenvalue weighted by molar-refractivity contribution is 5.77. The Bertz CT molecular complexity index is 262. The summed E-state index contributed by atoms with van der Waals surface area (Å²) in [5.41, 5.74) is 15.3. The number of carboxylic acid groups (broad SMARTS) is 1. The number of aliphatic hydroxyl groups excluding tert-OH is 1. The van der Waals surface area contributed by atoms with Crippen LogP contribution in [0.2, 0.25) is 0 Å². The van der Waals surface area contributed by atoms with E-state index in [0.717, 1.165) is 12.8 Å². The first-order valence-electron chi connectivity index (χ1n) is 6.71. The first-order chi connectivity index (χ1) is 9.34. The lowest BCUT2D eigenvalue weighted by Crippen LogP contribution is -2.38. The number of carbonyl (C=O) groups excluding carboxylic acids is 1. The molecule has 120 valence electrons. The second-order valence-corrected chi connectivity index (χ2v) is 4.38. The molecule has 0 radical (unpaired) electrons. The van der Waals surface area contributed by atoms with E-state index in [9.17, 15) is 9.59 Å². The molecule has 0 aliphatic rings. The van der Waals surface area contributed by atoms with Crippen molar-refractivity contribution in [3.05, 3.63) is 0 Å². The maximum absolute atomic E-state index is 10.6. The van der Waals surface area contributed by atoms with E-state index in [4.69, 9.17) is 27.4 Å². The first kappa shape index (κ1) is 21.1. The van der Waals surface area contributed by atoms with Crippen LogP contribution in [0, 0.1) is 0 Å². The number of primary amides is 1. The summed E-state index contributed by atoms with van der Waals surface area (Å²) >= 11 is 0. The summed E-state index contributed by atoms with van der Waals surface area (Å²) in [6, 6.07) is -0.769. The lowest BCUT2D eigenvalue weighted by molar-refractivity contribution is -0.139. The molecule has 1 atom stereocenters. The minimum absolute atomic E-state index is 0.00909. The molecule has 9 N–H and O–H groups in total. The van der Waals surface area contributed by atoms with Crippen molar-refractivity contribution in [3.63, 3.8) is 0 Å². The Morgan fingerprint density at radius 2 is 1.85 bits per heavy atom. The van der Waals surface area contributed by atoms with Crippen LogP contribution < -0.4 is 22.5 Å². The van der Waals surface area contributed by atoms with E-state index < -0.39 is 17.9 Å². The summed E-state index contributed by atoms with van der Waals surface area (Å²) in [6.07, 6.45) is 2.62. The number of aliphatic hydroxyl groups is 1. The highest BCUT2D eigenvalue weighted by Crippen LogP contribution is 1.97. The highest BCUT2D eigenvalue weighted by Gasteiger charge is 2.16. The molecule has 0 aromatic carbocycles. The van der Waals surface area contributed by atoms with E-state index in [0.29, 0.717) is 13.0 Å². The smallest absolute Gasteiger partial charge is 0.320 e. The fourth-order valence-electron chi connectivity index (χ4n) is 1.29. The quantitative estimate of drug-likeness (QED) is 0.215. The van der Waals surface area contributed by atoms with Gasteiger partial charge in [0.25, 0.3) is 0 Å². The third-order valence-corrected chi connectivity index (χ3v) is 2.33. The van der Waals surface area contributed by atoms with Gasteiger partial charge in [-0.1, -0.05) is 13.3 Å². The van der Waals surface area contributed by atoms with E-state index in [-0.39, 0.29) is 25.6 Å². The molecule has 1 unspecified atom stereocenters. The van der Waals surface area contributed by atoms with Gasteiger partial charge in [0.1, 0.15) is 6.04 Å². The molecule has 8 heteroatoms. The number of nitrogens with one attached hydrogen (secondary N) is 1. The number of rotatable bonds is 10. The average molecular weight is 292 g/mol. The standard InChI is InChI=1S/C8H16N2O4.C4H12N2/c9-7(12)3-2-6(8(13)14)10-4-1-5-11;1-2-3-4(5)6/h6,10-11H,1-5H2,(H2,9,12)(H,13,14);4H,2-3,5-6H2,1H3. The minimum Gasteiger partial charge on any atom is -0.480 e. The maximum atomic E-state index is 10.6. The van der Waals surface area contributed by atoms with Crippen molar-refractivity contribution in [3.8, 4) is 0 Å². The Labute approximate surface area is 119 Å². The fourth-order valence-corrected chi connectivity index (χ4v) is 1.29. The zero-order valence-electron chi connectivity index (χ0n) is 12.0. The Hall–Kier alpha value is -1.22. The van der Waals surface area contributed by atoms with Gasteiger partial charge in [-0.25, -0.2) is 0 Å². The van der Waals surface area contributed by atoms with Gasteiger partial charge in [0.05, 0.1) is 6.17 Å². The lowest BCUT2D eigenvalue weighted by atomic mass is 10.1. The summed E-state index contributed by atoms with van der Waals surface area (Å²) < 4.78 is 0. The molecular weight excluding hydrogens is 264 g/mol. The number of hydrogen-bond acceptors (Lipinski definition) is 6. The van der Waals surface area contributed by atoms with Crippen molar-refractivity contribution in [1.82, 2.24) is 5.32 Å². The Kier molecular flexibility index (Phi) is 15.0. The summed E-state index contributed by atoms with van der Waals surface area (Å²) in [5, 5.41) is 19.9. The van der Waals surface area contributed by atoms with Gasteiger partial charge in [-0.2, -0.15) is 0 Å². The molecule has 0 aromatic heterocycles. The second kappa shape index (κ2) is 14.2. The van der Waals surface area contributed by atoms with Crippen molar-refractivity contribution in [2.24, 2.45) is 17.2 Å². The summed E-state index contributed by atoms with van der Waals surface area (Å²) in [6.45, 7) is 2.48. The van der Waals surface area contributed by atoms with Crippen LogP contribution in [0.3, 0.4) is 0 Å². The van der Waals surface area contributed by atoms with Gasteiger partial charge >= 0.3 is 5.97 Å². The van der Waals surface area contributed by atoms with Crippen LogP contribution >= 0.6 is 0 Å². The van der Waals surface area contributed by atoms with Crippen LogP contribution in [0.5, 0.6) is 0 Å². The molecule has 0 fully saturated rings. The number of hydrogen-bond donors (Lipinski definition) is 6. The predicted molar refractivity (Wildman–Crippen MR) is 76.6 cm³/mol. The van der Waals surface area contributed by atoms with Gasteiger partial charge in [-0.15, -0.1) is 0 Å². The molecule has 0 heterocycles. The lowest BCUT2D eigenvalue weighted by Gasteiger charge is -2.12. The van der Waals surface area contributed by atoms with E-state index >= 15 is 0 Å². The van der Waals surface area contributed by atoms with Crippen LogP contribution in [0.4, 0.5) is 0 Å². The Morgan fingerprint density at radius 3 is 2.15 bits per heavy atom. The molecule has 0 spiro atoms. The van der Waals surface area contributed by atoms with E-state index in [1.54, 1.807) is 0 Å². The van der Waals surface area contributed by atoms with Crippen molar-refractivity contribution in [2.75, 3.05) is 13.2 Å². The molecule has 1 amide bonds. The van der Waals surface area contributed by atoms with E-state index in [1.165, 1.54) is 0 Å². The molecule has 8 nitrogen and oxygen atoms in total.